The van der Waals surface area contributed by atoms with Crippen LogP contribution in [-0.2, 0) is 4.79 Å². The molecule has 1 heterocycles. The molecular weight excluding hydrogens is 328 g/mol. The molecule has 0 spiro atoms. The molecule has 0 fully saturated rings. The third-order valence-corrected chi connectivity index (χ3v) is 3.65. The minimum absolute atomic E-state index is 0.146. The second kappa shape index (κ2) is 5.97. The highest BCUT2D eigenvalue weighted by molar-refractivity contribution is 9.10. The summed E-state index contributed by atoms with van der Waals surface area (Å²) in [6.07, 6.45) is 5.20. The molecule has 0 aliphatic rings. The molecular formula is C17H13BrN2O. The summed E-state index contributed by atoms with van der Waals surface area (Å²) in [7, 11) is 0. The number of carbonyl (C=O) groups is 1. The van der Waals surface area contributed by atoms with E-state index in [-0.39, 0.29) is 5.91 Å². The predicted molar refractivity (Wildman–Crippen MR) is 90.1 cm³/mol. The minimum Gasteiger partial charge on any atom is -0.361 e. The first kappa shape index (κ1) is 13.6. The lowest BCUT2D eigenvalue weighted by atomic mass is 10.2. The molecule has 0 atom stereocenters. The van der Waals surface area contributed by atoms with Gasteiger partial charge in [0, 0.05) is 33.3 Å². The minimum atomic E-state index is -0.146. The number of aromatic nitrogens is 1. The van der Waals surface area contributed by atoms with Crippen molar-refractivity contribution in [3.63, 3.8) is 0 Å². The van der Waals surface area contributed by atoms with Crippen molar-refractivity contribution in [3.05, 3.63) is 70.8 Å². The van der Waals surface area contributed by atoms with Crippen molar-refractivity contribution in [1.82, 2.24) is 4.98 Å². The second-order valence-electron chi connectivity index (χ2n) is 4.65. The number of hydrogen-bond acceptors (Lipinski definition) is 1. The Balaban J connectivity index is 1.69. The van der Waals surface area contributed by atoms with Gasteiger partial charge >= 0.3 is 0 Å². The molecule has 1 amide bonds. The highest BCUT2D eigenvalue weighted by atomic mass is 79.9. The molecule has 2 aromatic carbocycles. The molecule has 0 aliphatic heterocycles. The Morgan fingerprint density at radius 1 is 1.10 bits per heavy atom. The summed E-state index contributed by atoms with van der Waals surface area (Å²) in [6, 6.07) is 15.5. The van der Waals surface area contributed by atoms with Gasteiger partial charge in [-0.15, -0.1) is 0 Å². The standard InChI is InChI=1S/C17H13BrN2O/c18-14-4-1-12(2-5-14)3-8-17(21)20-15-6-7-16-13(11-15)9-10-19-16/h1-11,19H,(H,20,21). The van der Waals surface area contributed by atoms with E-state index in [0.717, 1.165) is 26.6 Å². The number of hydrogen-bond donors (Lipinski definition) is 2. The molecule has 0 saturated carbocycles. The van der Waals surface area contributed by atoms with Crippen molar-refractivity contribution in [2.75, 3.05) is 5.32 Å². The first-order valence-corrected chi connectivity index (χ1v) is 7.32. The van der Waals surface area contributed by atoms with Gasteiger partial charge in [-0.25, -0.2) is 0 Å². The number of anilines is 1. The fourth-order valence-corrected chi connectivity index (χ4v) is 2.33. The lowest BCUT2D eigenvalue weighted by Crippen LogP contribution is -2.07. The molecule has 104 valence electrons. The van der Waals surface area contributed by atoms with E-state index in [9.17, 15) is 4.79 Å². The Hall–Kier alpha value is -2.33. The van der Waals surface area contributed by atoms with Gasteiger partial charge in [0.15, 0.2) is 0 Å². The van der Waals surface area contributed by atoms with Crippen LogP contribution < -0.4 is 5.32 Å². The van der Waals surface area contributed by atoms with E-state index >= 15 is 0 Å². The highest BCUT2D eigenvalue weighted by Crippen LogP contribution is 2.18. The van der Waals surface area contributed by atoms with Gasteiger partial charge in [0.1, 0.15) is 0 Å². The van der Waals surface area contributed by atoms with Crippen LogP contribution in [0.15, 0.2) is 65.3 Å². The fourth-order valence-electron chi connectivity index (χ4n) is 2.06. The molecule has 3 aromatic rings. The third kappa shape index (κ3) is 3.41. The van der Waals surface area contributed by atoms with Gasteiger partial charge in [-0.1, -0.05) is 28.1 Å². The molecule has 0 bridgehead atoms. The number of fused-ring (bicyclic) bond motifs is 1. The number of benzene rings is 2. The topological polar surface area (TPSA) is 44.9 Å². The van der Waals surface area contributed by atoms with Crippen molar-refractivity contribution in [2.45, 2.75) is 0 Å². The van der Waals surface area contributed by atoms with Crippen molar-refractivity contribution in [2.24, 2.45) is 0 Å². The Kier molecular flexibility index (Phi) is 3.88. The van der Waals surface area contributed by atoms with Gasteiger partial charge in [0.25, 0.3) is 0 Å². The van der Waals surface area contributed by atoms with Gasteiger partial charge in [-0.3, -0.25) is 4.79 Å². The van der Waals surface area contributed by atoms with E-state index in [4.69, 9.17) is 0 Å². The first-order chi connectivity index (χ1) is 10.2. The quantitative estimate of drug-likeness (QED) is 0.673. The fraction of sp³-hybridized carbons (Fsp3) is 0. The molecule has 1 aromatic heterocycles. The van der Waals surface area contributed by atoms with Gasteiger partial charge in [-0.05, 0) is 48.0 Å². The number of amides is 1. The summed E-state index contributed by atoms with van der Waals surface area (Å²) < 4.78 is 1.02. The maximum Gasteiger partial charge on any atom is 0.248 e. The average Bonchev–Trinajstić information content (AvgIpc) is 2.94. The van der Waals surface area contributed by atoms with E-state index in [0.29, 0.717) is 0 Å². The summed E-state index contributed by atoms with van der Waals surface area (Å²) in [4.78, 5) is 15.0. The maximum atomic E-state index is 11.9. The van der Waals surface area contributed by atoms with Gasteiger partial charge in [0.05, 0.1) is 0 Å². The van der Waals surface area contributed by atoms with E-state index in [1.807, 2.05) is 54.7 Å². The third-order valence-electron chi connectivity index (χ3n) is 3.12. The average molecular weight is 341 g/mol. The number of rotatable bonds is 3. The van der Waals surface area contributed by atoms with Crippen LogP contribution in [-0.4, -0.2) is 10.9 Å². The Bertz CT molecular complexity index is 803. The van der Waals surface area contributed by atoms with Crippen LogP contribution in [0.25, 0.3) is 17.0 Å². The molecule has 21 heavy (non-hydrogen) atoms. The van der Waals surface area contributed by atoms with Gasteiger partial charge in [0.2, 0.25) is 5.91 Å². The smallest absolute Gasteiger partial charge is 0.248 e. The molecule has 2 N–H and O–H groups in total. The van der Waals surface area contributed by atoms with Crippen molar-refractivity contribution >= 4 is 44.5 Å². The molecule has 4 heteroatoms. The molecule has 0 unspecified atom stereocenters. The molecule has 0 aliphatic carbocycles. The first-order valence-electron chi connectivity index (χ1n) is 6.52. The monoisotopic (exact) mass is 340 g/mol. The number of halogens is 1. The lowest BCUT2D eigenvalue weighted by molar-refractivity contribution is -0.111. The summed E-state index contributed by atoms with van der Waals surface area (Å²) in [6.45, 7) is 0. The summed E-state index contributed by atoms with van der Waals surface area (Å²) >= 11 is 3.38. The molecule has 0 radical (unpaired) electrons. The zero-order valence-corrected chi connectivity index (χ0v) is 12.7. The van der Waals surface area contributed by atoms with E-state index in [1.54, 1.807) is 6.08 Å². The van der Waals surface area contributed by atoms with Crippen molar-refractivity contribution < 1.29 is 4.79 Å². The number of carbonyl (C=O) groups excluding carboxylic acids is 1. The van der Waals surface area contributed by atoms with Crippen LogP contribution in [0.1, 0.15) is 5.56 Å². The number of nitrogens with one attached hydrogen (secondary N) is 2. The Labute approximate surface area is 130 Å². The Morgan fingerprint density at radius 3 is 2.71 bits per heavy atom. The predicted octanol–water partition coefficient (Wildman–Crippen LogP) is 4.58. The van der Waals surface area contributed by atoms with Crippen LogP contribution in [0.3, 0.4) is 0 Å². The van der Waals surface area contributed by atoms with E-state index < -0.39 is 0 Å². The van der Waals surface area contributed by atoms with Crippen LogP contribution in [0.4, 0.5) is 5.69 Å². The van der Waals surface area contributed by atoms with E-state index in [1.165, 1.54) is 6.08 Å². The summed E-state index contributed by atoms with van der Waals surface area (Å²) in [5.41, 5.74) is 2.82. The number of H-pyrrole nitrogens is 1. The molecule has 3 rings (SSSR count). The van der Waals surface area contributed by atoms with Crippen LogP contribution in [0.2, 0.25) is 0 Å². The van der Waals surface area contributed by atoms with Crippen molar-refractivity contribution in [3.8, 4) is 0 Å². The normalized spacial score (nSPS) is 11.1. The molecule has 3 nitrogen and oxygen atoms in total. The second-order valence-corrected chi connectivity index (χ2v) is 5.57. The van der Waals surface area contributed by atoms with Crippen LogP contribution in [0, 0.1) is 0 Å². The summed E-state index contributed by atoms with van der Waals surface area (Å²) in [5.74, 6) is -0.146. The van der Waals surface area contributed by atoms with Gasteiger partial charge < -0.3 is 10.3 Å². The van der Waals surface area contributed by atoms with E-state index in [2.05, 4.69) is 26.2 Å². The SMILES string of the molecule is O=C(C=Cc1ccc(Br)cc1)Nc1ccc2[nH]ccc2c1. The maximum absolute atomic E-state index is 11.9. The number of aromatic amines is 1. The lowest BCUT2D eigenvalue weighted by Gasteiger charge is -2.02. The highest BCUT2D eigenvalue weighted by Gasteiger charge is 2.00. The van der Waals surface area contributed by atoms with Crippen molar-refractivity contribution in [1.29, 1.82) is 0 Å². The van der Waals surface area contributed by atoms with Crippen LogP contribution >= 0.6 is 15.9 Å². The summed E-state index contributed by atoms with van der Waals surface area (Å²) in [5, 5.41) is 3.93. The molecule has 0 saturated heterocycles. The zero-order valence-electron chi connectivity index (χ0n) is 11.1. The van der Waals surface area contributed by atoms with Crippen LogP contribution in [0.5, 0.6) is 0 Å². The largest absolute Gasteiger partial charge is 0.361 e. The van der Waals surface area contributed by atoms with Gasteiger partial charge in [-0.2, -0.15) is 0 Å². The zero-order chi connectivity index (χ0) is 14.7. The Morgan fingerprint density at radius 2 is 1.90 bits per heavy atom.